The Morgan fingerprint density at radius 2 is 2.06 bits per heavy atom. The molecule has 3 nitrogen and oxygen atoms in total. The number of nitrogen functional groups attached to an aromatic ring is 1. The molecule has 1 saturated heterocycles. The van der Waals surface area contributed by atoms with Gasteiger partial charge < -0.3 is 15.7 Å². The molecule has 1 aliphatic heterocycles. The van der Waals surface area contributed by atoms with E-state index in [4.69, 9.17) is 5.73 Å². The van der Waals surface area contributed by atoms with Gasteiger partial charge in [0.05, 0.1) is 6.10 Å². The van der Waals surface area contributed by atoms with Crippen molar-refractivity contribution in [3.8, 4) is 0 Å². The number of nitrogens with zero attached hydrogens (tertiary/aromatic N) is 1. The molecule has 2 atom stereocenters. The lowest BCUT2D eigenvalue weighted by molar-refractivity contribution is 0.0860. The summed E-state index contributed by atoms with van der Waals surface area (Å²) in [6.07, 6.45) is 1.77. The van der Waals surface area contributed by atoms with Crippen LogP contribution in [0.15, 0.2) is 24.3 Å². The van der Waals surface area contributed by atoms with Crippen LogP contribution in [0, 0.1) is 5.92 Å². The number of rotatable bonds is 2. The van der Waals surface area contributed by atoms with Crippen LogP contribution in [0.25, 0.3) is 0 Å². The smallest absolute Gasteiger partial charge is 0.0602 e. The van der Waals surface area contributed by atoms with Gasteiger partial charge in [-0.2, -0.15) is 0 Å². The van der Waals surface area contributed by atoms with E-state index in [0.29, 0.717) is 5.92 Å². The quantitative estimate of drug-likeness (QED) is 0.748. The fourth-order valence-electron chi connectivity index (χ4n) is 2.34. The minimum atomic E-state index is -0.130. The average Bonchev–Trinajstić information content (AvgIpc) is 2.31. The van der Waals surface area contributed by atoms with Gasteiger partial charge >= 0.3 is 0 Å². The highest BCUT2D eigenvalue weighted by Gasteiger charge is 2.26. The molecule has 1 fully saturated rings. The van der Waals surface area contributed by atoms with E-state index in [1.807, 2.05) is 12.1 Å². The summed E-state index contributed by atoms with van der Waals surface area (Å²) in [5.74, 6) is 0.395. The first-order chi connectivity index (χ1) is 7.70. The zero-order chi connectivity index (χ0) is 11.5. The van der Waals surface area contributed by atoms with Gasteiger partial charge in [0.2, 0.25) is 0 Å². The number of nitrogens with two attached hydrogens (primary N) is 1. The van der Waals surface area contributed by atoms with E-state index in [9.17, 15) is 5.11 Å². The molecule has 0 amide bonds. The van der Waals surface area contributed by atoms with E-state index in [-0.39, 0.29) is 6.10 Å². The normalized spacial score (nSPS) is 25.8. The van der Waals surface area contributed by atoms with Crippen LogP contribution < -0.4 is 10.6 Å². The Balaban J connectivity index is 2.08. The molecule has 1 aromatic carbocycles. The standard InChI is InChI=1S/C13H20N2O/c1-2-10-9-15(8-7-13(10)16)12-5-3-11(14)4-6-12/h3-6,10,13,16H,2,7-9,14H2,1H3/t10-,13-/m1/s1. The number of piperidine rings is 1. The minimum Gasteiger partial charge on any atom is -0.399 e. The maximum absolute atomic E-state index is 9.83. The molecule has 0 radical (unpaired) electrons. The second-order valence-corrected chi connectivity index (χ2v) is 4.56. The average molecular weight is 220 g/mol. The highest BCUT2D eigenvalue weighted by Crippen LogP contribution is 2.25. The number of aliphatic hydroxyl groups is 1. The molecule has 0 saturated carbocycles. The third-order valence-corrected chi connectivity index (χ3v) is 3.48. The van der Waals surface area contributed by atoms with Crippen LogP contribution in [-0.2, 0) is 0 Å². The SMILES string of the molecule is CC[C@@H]1CN(c2ccc(N)cc2)CC[C@H]1O. The van der Waals surface area contributed by atoms with E-state index < -0.39 is 0 Å². The predicted octanol–water partition coefficient (Wildman–Crippen LogP) is 1.87. The highest BCUT2D eigenvalue weighted by molar-refractivity contribution is 5.53. The second-order valence-electron chi connectivity index (χ2n) is 4.56. The van der Waals surface area contributed by atoms with Crippen LogP contribution >= 0.6 is 0 Å². The summed E-state index contributed by atoms with van der Waals surface area (Å²) >= 11 is 0. The van der Waals surface area contributed by atoms with Gasteiger partial charge in [0.25, 0.3) is 0 Å². The van der Waals surface area contributed by atoms with Gasteiger partial charge in [-0.3, -0.25) is 0 Å². The Labute approximate surface area is 96.9 Å². The Kier molecular flexibility index (Phi) is 3.34. The molecule has 0 aliphatic carbocycles. The lowest BCUT2D eigenvalue weighted by atomic mass is 9.92. The van der Waals surface area contributed by atoms with Crippen molar-refractivity contribution in [2.24, 2.45) is 5.92 Å². The number of hydrogen-bond donors (Lipinski definition) is 2. The van der Waals surface area contributed by atoms with Crippen molar-refractivity contribution >= 4 is 11.4 Å². The zero-order valence-electron chi connectivity index (χ0n) is 9.76. The zero-order valence-corrected chi connectivity index (χ0v) is 9.76. The van der Waals surface area contributed by atoms with Crippen LogP contribution in [0.2, 0.25) is 0 Å². The lowest BCUT2D eigenvalue weighted by Gasteiger charge is -2.37. The molecule has 1 aromatic rings. The first-order valence-electron chi connectivity index (χ1n) is 5.99. The van der Waals surface area contributed by atoms with Crippen molar-refractivity contribution in [2.75, 3.05) is 23.7 Å². The lowest BCUT2D eigenvalue weighted by Crippen LogP contribution is -2.42. The molecule has 1 heterocycles. The first kappa shape index (κ1) is 11.3. The topological polar surface area (TPSA) is 49.5 Å². The molecule has 0 unspecified atom stereocenters. The van der Waals surface area contributed by atoms with E-state index in [1.165, 1.54) is 5.69 Å². The van der Waals surface area contributed by atoms with Crippen molar-refractivity contribution in [1.82, 2.24) is 0 Å². The van der Waals surface area contributed by atoms with Gasteiger partial charge in [-0.15, -0.1) is 0 Å². The fourth-order valence-corrected chi connectivity index (χ4v) is 2.34. The summed E-state index contributed by atoms with van der Waals surface area (Å²) in [5, 5.41) is 9.83. The van der Waals surface area contributed by atoms with Crippen LogP contribution in [0.1, 0.15) is 19.8 Å². The summed E-state index contributed by atoms with van der Waals surface area (Å²) in [6.45, 7) is 4.02. The third-order valence-electron chi connectivity index (χ3n) is 3.48. The van der Waals surface area contributed by atoms with Crippen LogP contribution in [0.3, 0.4) is 0 Å². The molecular formula is C13H20N2O. The highest BCUT2D eigenvalue weighted by atomic mass is 16.3. The predicted molar refractivity (Wildman–Crippen MR) is 67.5 cm³/mol. The maximum atomic E-state index is 9.83. The fraction of sp³-hybridized carbons (Fsp3) is 0.538. The minimum absolute atomic E-state index is 0.130. The number of hydrogen-bond acceptors (Lipinski definition) is 3. The number of aliphatic hydroxyl groups excluding tert-OH is 1. The molecule has 0 spiro atoms. The maximum Gasteiger partial charge on any atom is 0.0602 e. The molecule has 2 rings (SSSR count). The van der Waals surface area contributed by atoms with E-state index in [2.05, 4.69) is 24.0 Å². The number of benzene rings is 1. The monoisotopic (exact) mass is 220 g/mol. The van der Waals surface area contributed by atoms with Gasteiger partial charge in [0.1, 0.15) is 0 Å². The summed E-state index contributed by atoms with van der Waals surface area (Å²) in [7, 11) is 0. The molecular weight excluding hydrogens is 200 g/mol. The Morgan fingerprint density at radius 1 is 1.38 bits per heavy atom. The Hall–Kier alpha value is -1.22. The number of anilines is 2. The molecule has 3 N–H and O–H groups in total. The molecule has 0 aromatic heterocycles. The summed E-state index contributed by atoms with van der Waals surface area (Å²) in [6, 6.07) is 7.97. The van der Waals surface area contributed by atoms with Gasteiger partial charge in [-0.05, 0) is 37.1 Å². The van der Waals surface area contributed by atoms with Gasteiger partial charge in [0.15, 0.2) is 0 Å². The third kappa shape index (κ3) is 2.30. The van der Waals surface area contributed by atoms with Crippen molar-refractivity contribution in [3.05, 3.63) is 24.3 Å². The van der Waals surface area contributed by atoms with E-state index >= 15 is 0 Å². The summed E-state index contributed by atoms with van der Waals surface area (Å²) in [4.78, 5) is 2.33. The van der Waals surface area contributed by atoms with Crippen molar-refractivity contribution in [1.29, 1.82) is 0 Å². The van der Waals surface area contributed by atoms with Crippen molar-refractivity contribution in [2.45, 2.75) is 25.9 Å². The Morgan fingerprint density at radius 3 is 2.69 bits per heavy atom. The van der Waals surface area contributed by atoms with Crippen LogP contribution in [-0.4, -0.2) is 24.3 Å². The summed E-state index contributed by atoms with van der Waals surface area (Å²) < 4.78 is 0. The molecule has 0 bridgehead atoms. The largest absolute Gasteiger partial charge is 0.399 e. The second kappa shape index (κ2) is 4.74. The van der Waals surface area contributed by atoms with Gasteiger partial charge in [-0.1, -0.05) is 6.92 Å². The Bertz CT molecular complexity index is 336. The molecule has 3 heteroatoms. The van der Waals surface area contributed by atoms with Gasteiger partial charge in [-0.25, -0.2) is 0 Å². The van der Waals surface area contributed by atoms with Crippen LogP contribution in [0.4, 0.5) is 11.4 Å². The van der Waals surface area contributed by atoms with Crippen molar-refractivity contribution in [3.63, 3.8) is 0 Å². The first-order valence-corrected chi connectivity index (χ1v) is 5.99. The van der Waals surface area contributed by atoms with Crippen molar-refractivity contribution < 1.29 is 5.11 Å². The molecule has 88 valence electrons. The van der Waals surface area contributed by atoms with Gasteiger partial charge in [0, 0.05) is 30.4 Å². The summed E-state index contributed by atoms with van der Waals surface area (Å²) in [5.41, 5.74) is 7.68. The van der Waals surface area contributed by atoms with Crippen LogP contribution in [0.5, 0.6) is 0 Å². The van der Waals surface area contributed by atoms with E-state index in [0.717, 1.165) is 31.6 Å². The van der Waals surface area contributed by atoms with E-state index in [1.54, 1.807) is 0 Å². The molecule has 16 heavy (non-hydrogen) atoms. The molecule has 1 aliphatic rings.